The van der Waals surface area contributed by atoms with Gasteiger partial charge in [0.2, 0.25) is 0 Å². The molecule has 1 aromatic heterocycles. The van der Waals surface area contributed by atoms with Crippen LogP contribution in [-0.4, -0.2) is 10.1 Å². The molecular weight excluding hydrogens is 231 g/mol. The molecule has 0 saturated carbocycles. The molecule has 0 spiro atoms. The van der Waals surface area contributed by atoms with E-state index in [2.05, 4.69) is 10.3 Å². The first-order chi connectivity index (χ1) is 8.69. The molecular formula is C14H15FN2O. The van der Waals surface area contributed by atoms with Crippen LogP contribution in [0.4, 0.5) is 10.1 Å². The van der Waals surface area contributed by atoms with Crippen LogP contribution < -0.4 is 5.32 Å². The predicted molar refractivity (Wildman–Crippen MR) is 68.6 cm³/mol. The third kappa shape index (κ3) is 3.05. The lowest BCUT2D eigenvalue weighted by molar-refractivity contribution is 0.282. The van der Waals surface area contributed by atoms with Gasteiger partial charge in [0.15, 0.2) is 0 Å². The molecule has 2 rings (SSSR count). The maximum absolute atomic E-state index is 12.8. The standard InChI is InChI=1S/C14H15FN2O/c1-10(14-6-5-12(15)8-16-14)17-13-4-2-3-11(7-13)9-18/h2-8,10,17-18H,9H2,1H3. The van der Waals surface area contributed by atoms with E-state index in [0.717, 1.165) is 16.9 Å². The Morgan fingerprint density at radius 1 is 1.33 bits per heavy atom. The maximum Gasteiger partial charge on any atom is 0.141 e. The van der Waals surface area contributed by atoms with E-state index in [1.54, 1.807) is 6.07 Å². The quantitative estimate of drug-likeness (QED) is 0.872. The second-order valence-corrected chi connectivity index (χ2v) is 4.13. The third-order valence-corrected chi connectivity index (χ3v) is 2.69. The SMILES string of the molecule is CC(Nc1cccc(CO)c1)c1ccc(F)cn1. The van der Waals surface area contributed by atoms with Gasteiger partial charge in [-0.2, -0.15) is 0 Å². The molecule has 2 N–H and O–H groups in total. The van der Waals surface area contributed by atoms with E-state index in [9.17, 15) is 4.39 Å². The Labute approximate surface area is 105 Å². The fourth-order valence-electron chi connectivity index (χ4n) is 1.73. The van der Waals surface area contributed by atoms with Crippen LogP contribution in [0.1, 0.15) is 24.2 Å². The summed E-state index contributed by atoms with van der Waals surface area (Å²) in [5.74, 6) is -0.340. The minimum Gasteiger partial charge on any atom is -0.392 e. The summed E-state index contributed by atoms with van der Waals surface area (Å²) in [6.45, 7) is 1.96. The first-order valence-electron chi connectivity index (χ1n) is 5.77. The number of halogens is 1. The summed E-state index contributed by atoms with van der Waals surface area (Å²) in [5.41, 5.74) is 2.52. The van der Waals surface area contributed by atoms with Crippen molar-refractivity contribution in [1.82, 2.24) is 4.98 Å². The van der Waals surface area contributed by atoms with Gasteiger partial charge in [0.05, 0.1) is 24.5 Å². The topological polar surface area (TPSA) is 45.1 Å². The highest BCUT2D eigenvalue weighted by atomic mass is 19.1. The number of hydrogen-bond acceptors (Lipinski definition) is 3. The van der Waals surface area contributed by atoms with Gasteiger partial charge in [-0.05, 0) is 36.8 Å². The van der Waals surface area contributed by atoms with E-state index in [1.165, 1.54) is 12.3 Å². The number of aliphatic hydroxyl groups excluding tert-OH is 1. The van der Waals surface area contributed by atoms with E-state index in [0.29, 0.717) is 0 Å². The van der Waals surface area contributed by atoms with Crippen LogP contribution in [0, 0.1) is 5.82 Å². The average Bonchev–Trinajstić information content (AvgIpc) is 2.39. The molecule has 1 unspecified atom stereocenters. The van der Waals surface area contributed by atoms with Gasteiger partial charge >= 0.3 is 0 Å². The van der Waals surface area contributed by atoms with Crippen molar-refractivity contribution in [3.8, 4) is 0 Å². The Bertz CT molecular complexity index is 513. The smallest absolute Gasteiger partial charge is 0.141 e. The Balaban J connectivity index is 2.10. The summed E-state index contributed by atoms with van der Waals surface area (Å²) >= 11 is 0. The summed E-state index contributed by atoms with van der Waals surface area (Å²) in [6.07, 6.45) is 1.21. The maximum atomic E-state index is 12.8. The Morgan fingerprint density at radius 3 is 2.83 bits per heavy atom. The van der Waals surface area contributed by atoms with Gasteiger partial charge in [0.25, 0.3) is 0 Å². The van der Waals surface area contributed by atoms with Crippen molar-refractivity contribution in [3.63, 3.8) is 0 Å². The van der Waals surface area contributed by atoms with E-state index < -0.39 is 0 Å². The molecule has 0 bridgehead atoms. The average molecular weight is 246 g/mol. The first kappa shape index (κ1) is 12.5. The van der Waals surface area contributed by atoms with Crippen molar-refractivity contribution in [2.24, 2.45) is 0 Å². The van der Waals surface area contributed by atoms with Gasteiger partial charge < -0.3 is 10.4 Å². The fourth-order valence-corrected chi connectivity index (χ4v) is 1.73. The number of nitrogens with one attached hydrogen (secondary N) is 1. The lowest BCUT2D eigenvalue weighted by Crippen LogP contribution is -2.08. The van der Waals surface area contributed by atoms with Gasteiger partial charge in [-0.15, -0.1) is 0 Å². The lowest BCUT2D eigenvalue weighted by atomic mass is 10.1. The molecule has 1 aromatic carbocycles. The molecule has 94 valence electrons. The summed E-state index contributed by atoms with van der Waals surface area (Å²) in [7, 11) is 0. The minimum atomic E-state index is -0.340. The largest absolute Gasteiger partial charge is 0.392 e. The van der Waals surface area contributed by atoms with E-state index in [1.807, 2.05) is 31.2 Å². The number of anilines is 1. The van der Waals surface area contributed by atoms with Crippen molar-refractivity contribution in [3.05, 3.63) is 59.7 Å². The van der Waals surface area contributed by atoms with Gasteiger partial charge in [0, 0.05) is 5.69 Å². The van der Waals surface area contributed by atoms with Crippen LogP contribution in [0.2, 0.25) is 0 Å². The second-order valence-electron chi connectivity index (χ2n) is 4.13. The highest BCUT2D eigenvalue weighted by Gasteiger charge is 2.07. The number of hydrogen-bond donors (Lipinski definition) is 2. The van der Waals surface area contributed by atoms with Crippen molar-refractivity contribution in [2.45, 2.75) is 19.6 Å². The van der Waals surface area contributed by atoms with E-state index in [4.69, 9.17) is 5.11 Å². The molecule has 1 atom stereocenters. The molecule has 2 aromatic rings. The molecule has 0 aliphatic rings. The van der Waals surface area contributed by atoms with Crippen molar-refractivity contribution >= 4 is 5.69 Å². The third-order valence-electron chi connectivity index (χ3n) is 2.69. The van der Waals surface area contributed by atoms with Crippen LogP contribution in [0.25, 0.3) is 0 Å². The van der Waals surface area contributed by atoms with Crippen LogP contribution >= 0.6 is 0 Å². The van der Waals surface area contributed by atoms with Crippen LogP contribution in [-0.2, 0) is 6.61 Å². The molecule has 0 aliphatic heterocycles. The number of rotatable bonds is 4. The summed E-state index contributed by atoms with van der Waals surface area (Å²) in [4.78, 5) is 4.03. The Hall–Kier alpha value is -1.94. The number of benzene rings is 1. The van der Waals surface area contributed by atoms with Gasteiger partial charge in [-0.25, -0.2) is 4.39 Å². The first-order valence-corrected chi connectivity index (χ1v) is 5.77. The molecule has 3 nitrogen and oxygen atoms in total. The summed E-state index contributed by atoms with van der Waals surface area (Å²) < 4.78 is 12.8. The van der Waals surface area contributed by atoms with Crippen LogP contribution in [0.3, 0.4) is 0 Å². The van der Waals surface area contributed by atoms with E-state index >= 15 is 0 Å². The fraction of sp³-hybridized carbons (Fsp3) is 0.214. The van der Waals surface area contributed by atoms with Gasteiger partial charge in [-0.3, -0.25) is 4.98 Å². The van der Waals surface area contributed by atoms with E-state index in [-0.39, 0.29) is 18.5 Å². The normalized spacial score (nSPS) is 12.2. The predicted octanol–water partition coefficient (Wildman–Crippen LogP) is 2.89. The molecule has 0 amide bonds. The van der Waals surface area contributed by atoms with Gasteiger partial charge in [0.1, 0.15) is 5.82 Å². The monoisotopic (exact) mass is 246 g/mol. The molecule has 4 heteroatoms. The number of nitrogens with zero attached hydrogens (tertiary/aromatic N) is 1. The molecule has 1 heterocycles. The molecule has 18 heavy (non-hydrogen) atoms. The van der Waals surface area contributed by atoms with Crippen LogP contribution in [0.5, 0.6) is 0 Å². The van der Waals surface area contributed by atoms with Crippen LogP contribution in [0.15, 0.2) is 42.6 Å². The Kier molecular flexibility index (Phi) is 3.89. The van der Waals surface area contributed by atoms with Gasteiger partial charge in [-0.1, -0.05) is 12.1 Å². The van der Waals surface area contributed by atoms with Crippen molar-refractivity contribution in [2.75, 3.05) is 5.32 Å². The number of aliphatic hydroxyl groups is 1. The highest BCUT2D eigenvalue weighted by molar-refractivity contribution is 5.47. The molecule has 0 radical (unpaired) electrons. The minimum absolute atomic E-state index is 0.0126. The van der Waals surface area contributed by atoms with Crippen molar-refractivity contribution in [1.29, 1.82) is 0 Å². The molecule has 0 aliphatic carbocycles. The highest BCUT2D eigenvalue weighted by Crippen LogP contribution is 2.18. The lowest BCUT2D eigenvalue weighted by Gasteiger charge is -2.15. The molecule has 0 saturated heterocycles. The second kappa shape index (κ2) is 5.60. The number of aromatic nitrogens is 1. The molecule has 0 fully saturated rings. The zero-order chi connectivity index (χ0) is 13.0. The summed E-state index contributed by atoms with van der Waals surface area (Å²) in [6, 6.07) is 10.5. The Morgan fingerprint density at radius 2 is 2.17 bits per heavy atom. The summed E-state index contributed by atoms with van der Waals surface area (Å²) in [5, 5.41) is 12.3. The zero-order valence-electron chi connectivity index (χ0n) is 10.1. The number of pyridine rings is 1. The zero-order valence-corrected chi connectivity index (χ0v) is 10.1. The van der Waals surface area contributed by atoms with Crippen molar-refractivity contribution < 1.29 is 9.50 Å².